The van der Waals surface area contributed by atoms with Crippen molar-refractivity contribution in [2.45, 2.75) is 13.0 Å². The second-order valence-electron chi connectivity index (χ2n) is 6.56. The Labute approximate surface area is 183 Å². The molecule has 168 valence electrons. The molecule has 10 heteroatoms. The van der Waals surface area contributed by atoms with Gasteiger partial charge in [-0.05, 0) is 31.2 Å². The molecule has 0 radical (unpaired) electrons. The van der Waals surface area contributed by atoms with Gasteiger partial charge in [-0.3, -0.25) is 9.59 Å². The second kappa shape index (κ2) is 9.82. The van der Waals surface area contributed by atoms with E-state index in [1.54, 1.807) is 12.1 Å². The van der Waals surface area contributed by atoms with Gasteiger partial charge < -0.3 is 24.3 Å². The van der Waals surface area contributed by atoms with Crippen LogP contribution in [0.5, 0.6) is 23.1 Å². The van der Waals surface area contributed by atoms with Crippen molar-refractivity contribution in [1.29, 1.82) is 0 Å². The van der Waals surface area contributed by atoms with Crippen molar-refractivity contribution in [3.8, 4) is 28.8 Å². The van der Waals surface area contributed by atoms with Crippen molar-refractivity contribution < 1.29 is 28.1 Å². The fourth-order valence-corrected chi connectivity index (χ4v) is 2.86. The first-order valence-electron chi connectivity index (χ1n) is 9.50. The number of anilines is 1. The van der Waals surface area contributed by atoms with Gasteiger partial charge in [-0.25, -0.2) is 4.39 Å². The Bertz CT molecular complexity index is 1140. The molecule has 0 aliphatic carbocycles. The molecule has 1 heterocycles. The smallest absolute Gasteiger partial charge is 0.271 e. The average molecular weight is 443 g/mol. The van der Waals surface area contributed by atoms with Crippen LogP contribution in [0.3, 0.4) is 0 Å². The van der Waals surface area contributed by atoms with Crippen LogP contribution in [0, 0.1) is 5.82 Å². The number of hydrogen-bond donors (Lipinski definition) is 1. The molecule has 0 spiro atoms. The molecule has 0 saturated heterocycles. The summed E-state index contributed by atoms with van der Waals surface area (Å²) in [4.78, 5) is 24.8. The number of nitrogens with zero attached hydrogens (tertiary/aromatic N) is 2. The summed E-state index contributed by atoms with van der Waals surface area (Å²) in [6, 6.07) is 11.0. The monoisotopic (exact) mass is 443 g/mol. The molecule has 32 heavy (non-hydrogen) atoms. The molecule has 1 aromatic heterocycles. The largest absolute Gasteiger partial charge is 0.493 e. The molecule has 3 aromatic rings. The zero-order chi connectivity index (χ0) is 23.3. The molecule has 1 N–H and O–H groups in total. The maximum atomic E-state index is 13.2. The molecule has 0 aliphatic heterocycles. The van der Waals surface area contributed by atoms with Crippen molar-refractivity contribution in [3.63, 3.8) is 0 Å². The number of methoxy groups -OCH3 is 3. The van der Waals surface area contributed by atoms with Crippen LogP contribution in [0.25, 0.3) is 5.69 Å². The zero-order valence-electron chi connectivity index (χ0n) is 17.9. The highest BCUT2D eigenvalue weighted by Gasteiger charge is 2.19. The summed E-state index contributed by atoms with van der Waals surface area (Å²) in [6.07, 6.45) is -0.958. The van der Waals surface area contributed by atoms with Crippen molar-refractivity contribution >= 4 is 11.6 Å². The first-order chi connectivity index (χ1) is 15.4. The lowest BCUT2D eigenvalue weighted by atomic mass is 10.2. The molecule has 3 rings (SSSR count). The molecular weight excluding hydrogens is 421 g/mol. The summed E-state index contributed by atoms with van der Waals surface area (Å²) in [7, 11) is 4.42. The Morgan fingerprint density at radius 2 is 1.62 bits per heavy atom. The summed E-state index contributed by atoms with van der Waals surface area (Å²) >= 11 is 0. The van der Waals surface area contributed by atoms with Gasteiger partial charge >= 0.3 is 0 Å². The van der Waals surface area contributed by atoms with Gasteiger partial charge in [0.25, 0.3) is 11.5 Å². The maximum absolute atomic E-state index is 13.2. The Hall–Kier alpha value is -4.08. The number of carbonyl (C=O) groups excluding carboxylic acids is 1. The van der Waals surface area contributed by atoms with Gasteiger partial charge in [0.2, 0.25) is 11.6 Å². The van der Waals surface area contributed by atoms with E-state index >= 15 is 0 Å². The topological polar surface area (TPSA) is 101 Å². The number of ether oxygens (including phenoxy) is 4. The molecule has 1 atom stereocenters. The van der Waals surface area contributed by atoms with Crippen molar-refractivity contribution in [2.24, 2.45) is 0 Å². The van der Waals surface area contributed by atoms with E-state index in [0.717, 1.165) is 4.68 Å². The summed E-state index contributed by atoms with van der Waals surface area (Å²) in [5.74, 6) is 0.283. The van der Waals surface area contributed by atoms with E-state index in [1.165, 1.54) is 64.7 Å². The van der Waals surface area contributed by atoms with Crippen LogP contribution in [0.4, 0.5) is 10.1 Å². The summed E-state index contributed by atoms with van der Waals surface area (Å²) in [6.45, 7) is 1.53. The third kappa shape index (κ3) is 4.97. The fraction of sp³-hybridized carbons (Fsp3) is 0.227. The number of amides is 1. The number of benzene rings is 2. The average Bonchev–Trinajstić information content (AvgIpc) is 2.80. The van der Waals surface area contributed by atoms with Crippen LogP contribution < -0.4 is 29.8 Å². The van der Waals surface area contributed by atoms with Crippen molar-refractivity contribution in [3.05, 3.63) is 64.7 Å². The highest BCUT2D eigenvalue weighted by atomic mass is 19.1. The lowest BCUT2D eigenvalue weighted by molar-refractivity contribution is -0.122. The van der Waals surface area contributed by atoms with Gasteiger partial charge in [0, 0.05) is 30.0 Å². The van der Waals surface area contributed by atoms with Crippen molar-refractivity contribution in [1.82, 2.24) is 9.78 Å². The highest BCUT2D eigenvalue weighted by Crippen LogP contribution is 2.39. The summed E-state index contributed by atoms with van der Waals surface area (Å²) in [5.41, 5.74) is 0.332. The third-order valence-corrected chi connectivity index (χ3v) is 4.45. The number of aromatic nitrogens is 2. The van der Waals surface area contributed by atoms with Crippen LogP contribution in [0.2, 0.25) is 0 Å². The van der Waals surface area contributed by atoms with Crippen molar-refractivity contribution in [2.75, 3.05) is 26.6 Å². The van der Waals surface area contributed by atoms with Gasteiger partial charge in [0.15, 0.2) is 17.6 Å². The molecule has 0 bridgehead atoms. The van der Waals surface area contributed by atoms with E-state index in [4.69, 9.17) is 18.9 Å². The molecule has 0 fully saturated rings. The van der Waals surface area contributed by atoms with Crippen LogP contribution in [-0.2, 0) is 4.79 Å². The minimum absolute atomic E-state index is 0.0430. The number of halogens is 1. The quantitative estimate of drug-likeness (QED) is 0.571. The predicted octanol–water partition coefficient (Wildman–Crippen LogP) is 2.80. The van der Waals surface area contributed by atoms with Gasteiger partial charge in [0.05, 0.1) is 27.0 Å². The number of hydrogen-bond acceptors (Lipinski definition) is 7. The van der Waals surface area contributed by atoms with Gasteiger partial charge in [-0.1, -0.05) is 0 Å². The molecule has 0 saturated carbocycles. The van der Waals surface area contributed by atoms with E-state index in [9.17, 15) is 14.0 Å². The molecule has 2 aromatic carbocycles. The normalized spacial score (nSPS) is 11.4. The number of nitrogens with one attached hydrogen (secondary N) is 1. The minimum Gasteiger partial charge on any atom is -0.493 e. The SMILES string of the molecule is COc1cc(NC(=O)C(C)Oc2ccc(=O)n(-c3ccc(F)cc3)n2)cc(OC)c1OC. The van der Waals surface area contributed by atoms with Crippen LogP contribution in [0.15, 0.2) is 53.3 Å². The molecule has 9 nitrogen and oxygen atoms in total. The molecular formula is C22H22FN3O6. The highest BCUT2D eigenvalue weighted by molar-refractivity contribution is 5.94. The predicted molar refractivity (Wildman–Crippen MR) is 115 cm³/mol. The molecule has 1 unspecified atom stereocenters. The second-order valence-corrected chi connectivity index (χ2v) is 6.56. The standard InChI is InChI=1S/C22H22FN3O6/c1-13(22(28)24-15-11-17(29-2)21(31-4)18(12-15)30-3)32-19-9-10-20(27)26(25-19)16-7-5-14(23)6-8-16/h5-13H,1-4H3,(H,24,28). The summed E-state index contributed by atoms with van der Waals surface area (Å²) in [5, 5.41) is 6.81. The van der Waals surface area contributed by atoms with Gasteiger partial charge in [-0.15, -0.1) is 5.10 Å². The Kier molecular flexibility index (Phi) is 6.93. The van der Waals surface area contributed by atoms with E-state index in [0.29, 0.717) is 28.6 Å². The lowest BCUT2D eigenvalue weighted by Crippen LogP contribution is -2.31. The number of rotatable bonds is 8. The van der Waals surface area contributed by atoms with Crippen LogP contribution in [-0.4, -0.2) is 43.1 Å². The van der Waals surface area contributed by atoms with Crippen LogP contribution in [0.1, 0.15) is 6.92 Å². The van der Waals surface area contributed by atoms with E-state index in [2.05, 4.69) is 10.4 Å². The van der Waals surface area contributed by atoms with Gasteiger partial charge in [0.1, 0.15) is 5.82 Å². The Morgan fingerprint density at radius 1 is 1.00 bits per heavy atom. The third-order valence-electron chi connectivity index (χ3n) is 4.45. The first-order valence-corrected chi connectivity index (χ1v) is 9.50. The lowest BCUT2D eigenvalue weighted by Gasteiger charge is -2.17. The Balaban J connectivity index is 1.77. The summed E-state index contributed by atoms with van der Waals surface area (Å²) < 4.78 is 35.6. The van der Waals surface area contributed by atoms with E-state index in [1.807, 2.05) is 0 Å². The molecule has 1 amide bonds. The molecule has 0 aliphatic rings. The number of carbonyl (C=O) groups is 1. The van der Waals surface area contributed by atoms with E-state index < -0.39 is 23.4 Å². The maximum Gasteiger partial charge on any atom is 0.271 e. The van der Waals surface area contributed by atoms with E-state index in [-0.39, 0.29) is 5.88 Å². The minimum atomic E-state index is -0.958. The Morgan fingerprint density at radius 3 is 2.19 bits per heavy atom. The first kappa shape index (κ1) is 22.6. The van der Waals surface area contributed by atoms with Gasteiger partial charge in [-0.2, -0.15) is 4.68 Å². The van der Waals surface area contributed by atoms with Crippen LogP contribution >= 0.6 is 0 Å². The zero-order valence-corrected chi connectivity index (χ0v) is 17.9. The fourth-order valence-electron chi connectivity index (χ4n) is 2.86.